The number of amides is 2. The summed E-state index contributed by atoms with van der Waals surface area (Å²) in [6.07, 6.45) is 3.29. The maximum Gasteiger partial charge on any atom is 0.272 e. The van der Waals surface area contributed by atoms with Gasteiger partial charge >= 0.3 is 0 Å². The molecular formula is C22H28N2O2. The fraction of sp³-hybridized carbons (Fsp3) is 0.364. The second kappa shape index (κ2) is 8.65. The first-order chi connectivity index (χ1) is 12.3. The van der Waals surface area contributed by atoms with Gasteiger partial charge in [0.05, 0.1) is 5.54 Å². The summed E-state index contributed by atoms with van der Waals surface area (Å²) in [5, 5.41) is 1.41. The second-order valence-electron chi connectivity index (χ2n) is 7.42. The Balaban J connectivity index is 2.18. The van der Waals surface area contributed by atoms with Crippen molar-refractivity contribution < 1.29 is 9.59 Å². The Morgan fingerprint density at radius 3 is 2.08 bits per heavy atom. The molecule has 4 heteroatoms. The van der Waals surface area contributed by atoms with Crippen LogP contribution in [-0.4, -0.2) is 22.4 Å². The topological polar surface area (TPSA) is 49.4 Å². The van der Waals surface area contributed by atoms with Gasteiger partial charge in [-0.2, -0.15) is 0 Å². The highest BCUT2D eigenvalue weighted by Gasteiger charge is 2.29. The Kier molecular flexibility index (Phi) is 6.56. The van der Waals surface area contributed by atoms with E-state index in [1.807, 2.05) is 51.1 Å². The van der Waals surface area contributed by atoms with Crippen LogP contribution in [0.25, 0.3) is 0 Å². The van der Waals surface area contributed by atoms with Gasteiger partial charge < -0.3 is 0 Å². The van der Waals surface area contributed by atoms with Crippen LogP contribution in [0.3, 0.4) is 0 Å². The van der Waals surface area contributed by atoms with Gasteiger partial charge in [0.25, 0.3) is 11.8 Å². The van der Waals surface area contributed by atoms with E-state index >= 15 is 0 Å². The van der Waals surface area contributed by atoms with Crippen LogP contribution < -0.4 is 5.43 Å². The minimum atomic E-state index is -0.553. The van der Waals surface area contributed by atoms with Gasteiger partial charge in [-0.15, -0.1) is 0 Å². The van der Waals surface area contributed by atoms with Gasteiger partial charge in [-0.25, -0.2) is 5.01 Å². The summed E-state index contributed by atoms with van der Waals surface area (Å²) in [7, 11) is 0. The highest BCUT2D eigenvalue weighted by molar-refractivity contribution is 5.99. The van der Waals surface area contributed by atoms with Gasteiger partial charge in [0, 0.05) is 11.1 Å². The SMILES string of the molecule is CCCCc1ccc(C(=O)N(NC(=O)c2ccccc2)C(C)(C)C)cc1. The van der Waals surface area contributed by atoms with E-state index < -0.39 is 5.54 Å². The Morgan fingerprint density at radius 2 is 1.54 bits per heavy atom. The van der Waals surface area contributed by atoms with Crippen molar-refractivity contribution in [1.29, 1.82) is 0 Å². The average Bonchev–Trinajstić information content (AvgIpc) is 2.64. The molecule has 2 rings (SSSR count). The van der Waals surface area contributed by atoms with E-state index in [1.165, 1.54) is 10.6 Å². The third-order valence-corrected chi connectivity index (χ3v) is 4.14. The standard InChI is InChI=1S/C22H28N2O2/c1-5-6-10-17-13-15-19(16-14-17)21(26)24(22(2,3)4)23-20(25)18-11-8-7-9-12-18/h7-9,11-16H,5-6,10H2,1-4H3,(H,23,25). The van der Waals surface area contributed by atoms with Crippen molar-refractivity contribution in [3.05, 3.63) is 71.3 Å². The van der Waals surface area contributed by atoms with Crippen molar-refractivity contribution in [2.24, 2.45) is 0 Å². The summed E-state index contributed by atoms with van der Waals surface area (Å²) in [5.41, 5.74) is 4.51. The molecule has 0 aliphatic heterocycles. The van der Waals surface area contributed by atoms with E-state index in [0.29, 0.717) is 11.1 Å². The minimum Gasteiger partial charge on any atom is -0.267 e. The Labute approximate surface area is 156 Å². The zero-order chi connectivity index (χ0) is 19.2. The zero-order valence-corrected chi connectivity index (χ0v) is 16.1. The normalized spacial score (nSPS) is 11.1. The molecule has 4 nitrogen and oxygen atoms in total. The summed E-state index contributed by atoms with van der Waals surface area (Å²) in [6, 6.07) is 16.5. The number of hydrogen-bond acceptors (Lipinski definition) is 2. The summed E-state index contributed by atoms with van der Waals surface area (Å²) >= 11 is 0. The molecule has 0 radical (unpaired) electrons. The molecule has 2 aromatic rings. The number of benzene rings is 2. The lowest BCUT2D eigenvalue weighted by Gasteiger charge is -2.35. The molecule has 0 saturated carbocycles. The Hall–Kier alpha value is -2.62. The van der Waals surface area contributed by atoms with E-state index in [2.05, 4.69) is 12.3 Å². The molecule has 0 spiro atoms. The molecule has 0 atom stereocenters. The van der Waals surface area contributed by atoms with Crippen molar-refractivity contribution in [2.75, 3.05) is 0 Å². The molecule has 138 valence electrons. The minimum absolute atomic E-state index is 0.219. The average molecular weight is 352 g/mol. The van der Waals surface area contributed by atoms with Crippen LogP contribution in [0, 0.1) is 0 Å². The molecule has 0 bridgehead atoms. The number of carbonyl (C=O) groups excluding carboxylic acids is 2. The van der Waals surface area contributed by atoms with Crippen molar-refractivity contribution in [1.82, 2.24) is 10.4 Å². The molecule has 1 N–H and O–H groups in total. The fourth-order valence-corrected chi connectivity index (χ4v) is 2.60. The lowest BCUT2D eigenvalue weighted by molar-refractivity contribution is 0.0358. The monoisotopic (exact) mass is 352 g/mol. The summed E-state index contributed by atoms with van der Waals surface area (Å²) in [6.45, 7) is 7.85. The largest absolute Gasteiger partial charge is 0.272 e. The number of nitrogens with zero attached hydrogens (tertiary/aromatic N) is 1. The van der Waals surface area contributed by atoms with Crippen LogP contribution in [0.5, 0.6) is 0 Å². The highest BCUT2D eigenvalue weighted by atomic mass is 16.2. The predicted molar refractivity (Wildman–Crippen MR) is 105 cm³/mol. The summed E-state index contributed by atoms with van der Waals surface area (Å²) in [5.74, 6) is -0.516. The molecule has 26 heavy (non-hydrogen) atoms. The molecule has 0 saturated heterocycles. The van der Waals surface area contributed by atoms with Crippen molar-refractivity contribution in [2.45, 2.75) is 52.5 Å². The molecular weight excluding hydrogens is 324 g/mol. The van der Waals surface area contributed by atoms with Gasteiger partial charge in [-0.3, -0.25) is 15.0 Å². The van der Waals surface area contributed by atoms with Crippen LogP contribution in [0.4, 0.5) is 0 Å². The van der Waals surface area contributed by atoms with Crippen LogP contribution in [0.2, 0.25) is 0 Å². The maximum atomic E-state index is 13.0. The molecule has 0 heterocycles. The van der Waals surface area contributed by atoms with E-state index in [9.17, 15) is 9.59 Å². The number of nitrogens with one attached hydrogen (secondary N) is 1. The summed E-state index contributed by atoms with van der Waals surface area (Å²) < 4.78 is 0. The second-order valence-corrected chi connectivity index (χ2v) is 7.42. The van der Waals surface area contributed by atoms with Gasteiger partial charge in [0.1, 0.15) is 0 Å². The number of carbonyl (C=O) groups is 2. The van der Waals surface area contributed by atoms with Gasteiger partial charge in [0.2, 0.25) is 0 Å². The zero-order valence-electron chi connectivity index (χ0n) is 16.1. The Morgan fingerprint density at radius 1 is 0.923 bits per heavy atom. The first-order valence-corrected chi connectivity index (χ1v) is 9.12. The molecule has 2 aromatic carbocycles. The molecule has 0 unspecified atom stereocenters. The number of hydrazine groups is 1. The van der Waals surface area contributed by atoms with E-state index in [1.54, 1.807) is 24.3 Å². The lowest BCUT2D eigenvalue weighted by Crippen LogP contribution is -2.55. The predicted octanol–water partition coefficient (Wildman–Crippen LogP) is 4.61. The van der Waals surface area contributed by atoms with Crippen LogP contribution in [0.1, 0.15) is 66.8 Å². The number of hydrogen-bond donors (Lipinski definition) is 1. The van der Waals surface area contributed by atoms with Crippen molar-refractivity contribution in [3.8, 4) is 0 Å². The number of rotatable bonds is 5. The molecule has 0 aliphatic rings. The van der Waals surface area contributed by atoms with Gasteiger partial charge in [-0.1, -0.05) is 43.7 Å². The molecule has 0 fully saturated rings. The first kappa shape index (κ1) is 19.7. The first-order valence-electron chi connectivity index (χ1n) is 9.12. The molecule has 2 amide bonds. The van der Waals surface area contributed by atoms with Crippen LogP contribution in [-0.2, 0) is 6.42 Å². The van der Waals surface area contributed by atoms with Gasteiger partial charge in [0.15, 0.2) is 0 Å². The molecule has 0 aliphatic carbocycles. The quantitative estimate of drug-likeness (QED) is 0.799. The number of aryl methyl sites for hydroxylation is 1. The lowest BCUT2D eigenvalue weighted by atomic mass is 10.0. The maximum absolute atomic E-state index is 13.0. The highest BCUT2D eigenvalue weighted by Crippen LogP contribution is 2.17. The Bertz CT molecular complexity index is 731. The number of unbranched alkanes of at least 4 members (excludes halogenated alkanes) is 1. The van der Waals surface area contributed by atoms with E-state index in [-0.39, 0.29) is 11.8 Å². The molecule has 0 aromatic heterocycles. The van der Waals surface area contributed by atoms with E-state index in [4.69, 9.17) is 0 Å². The third kappa shape index (κ3) is 5.19. The summed E-state index contributed by atoms with van der Waals surface area (Å²) in [4.78, 5) is 25.5. The van der Waals surface area contributed by atoms with Crippen LogP contribution >= 0.6 is 0 Å². The van der Waals surface area contributed by atoms with Crippen LogP contribution in [0.15, 0.2) is 54.6 Å². The smallest absolute Gasteiger partial charge is 0.267 e. The van der Waals surface area contributed by atoms with Crippen molar-refractivity contribution in [3.63, 3.8) is 0 Å². The fourth-order valence-electron chi connectivity index (χ4n) is 2.60. The van der Waals surface area contributed by atoms with Gasteiger partial charge in [-0.05, 0) is 63.4 Å². The third-order valence-electron chi connectivity index (χ3n) is 4.14. The van der Waals surface area contributed by atoms with E-state index in [0.717, 1.165) is 19.3 Å². The van der Waals surface area contributed by atoms with Crippen molar-refractivity contribution >= 4 is 11.8 Å².